The summed E-state index contributed by atoms with van der Waals surface area (Å²) in [4.78, 5) is 17.3. The Morgan fingerprint density at radius 1 is 1.43 bits per heavy atom. The Morgan fingerprint density at radius 2 is 2.29 bits per heavy atom. The van der Waals surface area contributed by atoms with Crippen LogP contribution in [-0.2, 0) is 4.79 Å². The second-order valence-electron chi connectivity index (χ2n) is 5.28. The van der Waals surface area contributed by atoms with Crippen molar-refractivity contribution >= 4 is 5.91 Å². The first-order valence-corrected chi connectivity index (χ1v) is 7.06. The van der Waals surface area contributed by atoms with Crippen LogP contribution in [0.2, 0.25) is 0 Å². The number of aromatic amines is 1. The molecule has 0 aliphatic carbocycles. The van der Waals surface area contributed by atoms with Crippen molar-refractivity contribution in [3.05, 3.63) is 30.6 Å². The minimum Gasteiger partial charge on any atom is -0.492 e. The number of carbonyl (C=O) groups is 1. The molecular weight excluding hydrogens is 268 g/mol. The summed E-state index contributed by atoms with van der Waals surface area (Å²) < 4.78 is 5.69. The standard InChI is InChI=1S/C15H18N4O2/c1-11(20)19-9-12(10-19)5-7-21-13-2-3-14(16-8-13)15-4-6-17-18-15/h2-4,6,8,12H,5,7,9-10H2,1H3,(H,17,18). The number of hydrogen-bond donors (Lipinski definition) is 1. The van der Waals surface area contributed by atoms with Crippen molar-refractivity contribution in [2.45, 2.75) is 13.3 Å². The van der Waals surface area contributed by atoms with Gasteiger partial charge in [0.25, 0.3) is 0 Å². The van der Waals surface area contributed by atoms with Crippen molar-refractivity contribution in [3.63, 3.8) is 0 Å². The van der Waals surface area contributed by atoms with E-state index in [1.165, 1.54) is 0 Å². The van der Waals surface area contributed by atoms with Gasteiger partial charge in [-0.2, -0.15) is 5.10 Å². The maximum Gasteiger partial charge on any atom is 0.219 e. The molecule has 1 aliphatic heterocycles. The van der Waals surface area contributed by atoms with Crippen molar-refractivity contribution in [3.8, 4) is 17.1 Å². The zero-order chi connectivity index (χ0) is 14.7. The van der Waals surface area contributed by atoms with E-state index < -0.39 is 0 Å². The van der Waals surface area contributed by atoms with E-state index in [2.05, 4.69) is 15.2 Å². The monoisotopic (exact) mass is 286 g/mol. The zero-order valence-corrected chi connectivity index (χ0v) is 12.0. The van der Waals surface area contributed by atoms with Gasteiger partial charge in [-0.15, -0.1) is 0 Å². The molecule has 3 heterocycles. The summed E-state index contributed by atoms with van der Waals surface area (Å²) in [7, 11) is 0. The number of pyridine rings is 1. The molecule has 0 bridgehead atoms. The molecule has 1 N–H and O–H groups in total. The van der Waals surface area contributed by atoms with Gasteiger partial charge >= 0.3 is 0 Å². The molecule has 0 spiro atoms. The molecule has 2 aromatic rings. The molecule has 1 amide bonds. The van der Waals surface area contributed by atoms with Crippen LogP contribution in [0.1, 0.15) is 13.3 Å². The Hall–Kier alpha value is -2.37. The Balaban J connectivity index is 1.43. The minimum atomic E-state index is 0.158. The fraction of sp³-hybridized carbons (Fsp3) is 0.400. The van der Waals surface area contributed by atoms with Crippen molar-refractivity contribution in [2.24, 2.45) is 5.92 Å². The van der Waals surface area contributed by atoms with Crippen LogP contribution in [0.15, 0.2) is 30.6 Å². The van der Waals surface area contributed by atoms with Gasteiger partial charge in [-0.3, -0.25) is 14.9 Å². The maximum atomic E-state index is 11.1. The van der Waals surface area contributed by atoms with Gasteiger partial charge in [0.05, 0.1) is 24.2 Å². The van der Waals surface area contributed by atoms with E-state index in [4.69, 9.17) is 4.74 Å². The van der Waals surface area contributed by atoms with Crippen LogP contribution in [0, 0.1) is 5.92 Å². The van der Waals surface area contributed by atoms with E-state index in [-0.39, 0.29) is 5.91 Å². The lowest BCUT2D eigenvalue weighted by Crippen LogP contribution is -2.49. The summed E-state index contributed by atoms with van der Waals surface area (Å²) in [6.45, 7) is 3.98. The average Bonchev–Trinajstić information content (AvgIpc) is 2.95. The fourth-order valence-electron chi connectivity index (χ4n) is 2.38. The predicted molar refractivity (Wildman–Crippen MR) is 77.7 cm³/mol. The number of ether oxygens (including phenoxy) is 1. The Bertz CT molecular complexity index is 589. The number of aromatic nitrogens is 3. The second-order valence-corrected chi connectivity index (χ2v) is 5.28. The third-order valence-electron chi connectivity index (χ3n) is 3.71. The van der Waals surface area contributed by atoms with Gasteiger partial charge in [0.15, 0.2) is 0 Å². The van der Waals surface area contributed by atoms with Gasteiger partial charge in [-0.05, 0) is 30.5 Å². The molecule has 110 valence electrons. The first-order valence-electron chi connectivity index (χ1n) is 7.06. The fourth-order valence-corrected chi connectivity index (χ4v) is 2.38. The lowest BCUT2D eigenvalue weighted by atomic mass is 9.97. The Kier molecular flexibility index (Phi) is 3.85. The van der Waals surface area contributed by atoms with Gasteiger partial charge in [0.1, 0.15) is 5.75 Å². The molecule has 6 nitrogen and oxygen atoms in total. The maximum absolute atomic E-state index is 11.1. The number of H-pyrrole nitrogens is 1. The average molecular weight is 286 g/mol. The van der Waals surface area contributed by atoms with Gasteiger partial charge in [0, 0.05) is 26.2 Å². The van der Waals surface area contributed by atoms with Crippen LogP contribution < -0.4 is 4.74 Å². The van der Waals surface area contributed by atoms with Gasteiger partial charge < -0.3 is 9.64 Å². The molecule has 0 saturated carbocycles. The largest absolute Gasteiger partial charge is 0.492 e. The summed E-state index contributed by atoms with van der Waals surface area (Å²) in [5.74, 6) is 1.48. The van der Waals surface area contributed by atoms with Gasteiger partial charge in [-0.1, -0.05) is 0 Å². The highest BCUT2D eigenvalue weighted by atomic mass is 16.5. The summed E-state index contributed by atoms with van der Waals surface area (Å²) in [5, 5.41) is 6.77. The normalized spacial score (nSPS) is 14.8. The van der Waals surface area contributed by atoms with Crippen LogP contribution in [-0.4, -0.2) is 45.7 Å². The lowest BCUT2D eigenvalue weighted by molar-refractivity contribution is -0.135. The van der Waals surface area contributed by atoms with Crippen molar-refractivity contribution in [2.75, 3.05) is 19.7 Å². The minimum absolute atomic E-state index is 0.158. The SMILES string of the molecule is CC(=O)N1CC(CCOc2ccc(-c3ccn[nH]3)nc2)C1. The van der Waals surface area contributed by atoms with E-state index in [9.17, 15) is 4.79 Å². The first kappa shape index (κ1) is 13.6. The predicted octanol–water partition coefficient (Wildman–Crippen LogP) is 1.72. The number of rotatable bonds is 5. The molecule has 0 radical (unpaired) electrons. The molecule has 2 aromatic heterocycles. The van der Waals surface area contributed by atoms with Crippen LogP contribution in [0.3, 0.4) is 0 Å². The first-order chi connectivity index (χ1) is 10.2. The van der Waals surface area contributed by atoms with Crippen molar-refractivity contribution in [1.82, 2.24) is 20.1 Å². The number of hydrogen-bond acceptors (Lipinski definition) is 4. The van der Waals surface area contributed by atoms with Gasteiger partial charge in [0.2, 0.25) is 5.91 Å². The van der Waals surface area contributed by atoms with E-state index in [1.54, 1.807) is 19.3 Å². The van der Waals surface area contributed by atoms with E-state index in [1.807, 2.05) is 23.1 Å². The second kappa shape index (κ2) is 5.95. The smallest absolute Gasteiger partial charge is 0.219 e. The van der Waals surface area contributed by atoms with Gasteiger partial charge in [-0.25, -0.2) is 0 Å². The molecule has 3 rings (SSSR count). The number of likely N-dealkylation sites (tertiary alicyclic amines) is 1. The number of nitrogens with one attached hydrogen (secondary N) is 1. The number of amides is 1. The Labute approximate surface area is 123 Å². The van der Waals surface area contributed by atoms with Crippen LogP contribution in [0.5, 0.6) is 5.75 Å². The third-order valence-corrected chi connectivity index (χ3v) is 3.71. The summed E-state index contributed by atoms with van der Waals surface area (Å²) in [5.41, 5.74) is 1.73. The van der Waals surface area contributed by atoms with Crippen LogP contribution in [0.4, 0.5) is 0 Å². The highest BCUT2D eigenvalue weighted by Crippen LogP contribution is 2.20. The van der Waals surface area contributed by atoms with Crippen molar-refractivity contribution in [1.29, 1.82) is 0 Å². The molecule has 21 heavy (non-hydrogen) atoms. The summed E-state index contributed by atoms with van der Waals surface area (Å²) in [6, 6.07) is 5.69. The Morgan fingerprint density at radius 3 is 2.90 bits per heavy atom. The molecule has 6 heteroatoms. The van der Waals surface area contributed by atoms with E-state index in [0.717, 1.165) is 36.6 Å². The van der Waals surface area contributed by atoms with Crippen LogP contribution >= 0.6 is 0 Å². The highest BCUT2D eigenvalue weighted by molar-refractivity contribution is 5.74. The number of carbonyl (C=O) groups excluding carboxylic acids is 1. The molecule has 0 aromatic carbocycles. The topological polar surface area (TPSA) is 71.1 Å². The molecule has 0 unspecified atom stereocenters. The molecule has 1 fully saturated rings. The summed E-state index contributed by atoms with van der Waals surface area (Å²) >= 11 is 0. The van der Waals surface area contributed by atoms with E-state index in [0.29, 0.717) is 12.5 Å². The molecule has 1 aliphatic rings. The highest BCUT2D eigenvalue weighted by Gasteiger charge is 2.27. The number of nitrogens with zero attached hydrogens (tertiary/aromatic N) is 3. The third kappa shape index (κ3) is 3.21. The zero-order valence-electron chi connectivity index (χ0n) is 12.0. The lowest BCUT2D eigenvalue weighted by Gasteiger charge is -2.38. The van der Waals surface area contributed by atoms with Crippen molar-refractivity contribution < 1.29 is 9.53 Å². The van der Waals surface area contributed by atoms with Crippen LogP contribution in [0.25, 0.3) is 11.4 Å². The molecule has 0 atom stereocenters. The van der Waals surface area contributed by atoms with E-state index >= 15 is 0 Å². The quantitative estimate of drug-likeness (QED) is 0.908. The molecular formula is C15H18N4O2. The summed E-state index contributed by atoms with van der Waals surface area (Å²) in [6.07, 6.45) is 4.38. The molecule has 1 saturated heterocycles.